The molecule has 0 aliphatic carbocycles. The van der Waals surface area contributed by atoms with Crippen LogP contribution in [0.4, 0.5) is 5.69 Å². The lowest BCUT2D eigenvalue weighted by atomic mass is 10.0. The van der Waals surface area contributed by atoms with E-state index in [9.17, 15) is 4.79 Å². The molecular weight excluding hydrogens is 258 g/mol. The quantitative estimate of drug-likeness (QED) is 0.700. The van der Waals surface area contributed by atoms with Gasteiger partial charge in [0.15, 0.2) is 0 Å². The highest BCUT2D eigenvalue weighted by atomic mass is 16.1. The molecule has 3 aromatic rings. The molecule has 0 spiro atoms. The molecule has 0 bridgehead atoms. The fourth-order valence-corrected chi connectivity index (χ4v) is 2.27. The van der Waals surface area contributed by atoms with E-state index in [1.807, 2.05) is 60.7 Å². The van der Waals surface area contributed by atoms with Crippen LogP contribution in [0.2, 0.25) is 0 Å². The lowest BCUT2D eigenvalue weighted by molar-refractivity contribution is -0.111. The SMILES string of the molecule is O=C(/C=C/c1cccc2ccccc12)Nc1ccccc1. The van der Waals surface area contributed by atoms with Crippen molar-refractivity contribution in [2.24, 2.45) is 0 Å². The number of benzene rings is 3. The van der Waals surface area contributed by atoms with E-state index < -0.39 is 0 Å². The van der Waals surface area contributed by atoms with Crippen LogP contribution in [0.25, 0.3) is 16.8 Å². The average molecular weight is 273 g/mol. The number of carbonyl (C=O) groups excluding carboxylic acids is 1. The highest BCUT2D eigenvalue weighted by Gasteiger charge is 1.99. The summed E-state index contributed by atoms with van der Waals surface area (Å²) in [5, 5.41) is 5.15. The molecule has 3 aromatic carbocycles. The molecule has 0 unspecified atom stereocenters. The van der Waals surface area contributed by atoms with E-state index in [1.54, 1.807) is 6.08 Å². The molecule has 102 valence electrons. The number of anilines is 1. The number of amides is 1. The summed E-state index contributed by atoms with van der Waals surface area (Å²) in [6, 6.07) is 23.6. The van der Waals surface area contributed by atoms with Gasteiger partial charge in [-0.1, -0.05) is 60.7 Å². The van der Waals surface area contributed by atoms with Crippen LogP contribution in [0, 0.1) is 0 Å². The van der Waals surface area contributed by atoms with Gasteiger partial charge in [-0.05, 0) is 34.5 Å². The molecule has 0 heterocycles. The highest BCUT2D eigenvalue weighted by Crippen LogP contribution is 2.19. The number of nitrogens with one attached hydrogen (secondary N) is 1. The van der Waals surface area contributed by atoms with Gasteiger partial charge in [0.2, 0.25) is 5.91 Å². The predicted molar refractivity (Wildman–Crippen MR) is 88.1 cm³/mol. The molecule has 0 saturated heterocycles. The first-order valence-electron chi connectivity index (χ1n) is 6.85. The van der Waals surface area contributed by atoms with Crippen LogP contribution in [-0.2, 0) is 4.79 Å². The minimum atomic E-state index is -0.130. The third-order valence-corrected chi connectivity index (χ3v) is 3.28. The van der Waals surface area contributed by atoms with E-state index in [1.165, 1.54) is 5.39 Å². The van der Waals surface area contributed by atoms with Gasteiger partial charge in [0.1, 0.15) is 0 Å². The Kier molecular flexibility index (Phi) is 3.79. The smallest absolute Gasteiger partial charge is 0.248 e. The van der Waals surface area contributed by atoms with Gasteiger partial charge < -0.3 is 5.32 Å². The maximum absolute atomic E-state index is 11.9. The molecule has 0 aliphatic rings. The Bertz CT molecular complexity index is 786. The first-order valence-corrected chi connectivity index (χ1v) is 6.85. The number of hydrogen-bond acceptors (Lipinski definition) is 1. The van der Waals surface area contributed by atoms with E-state index in [2.05, 4.69) is 23.5 Å². The second-order valence-electron chi connectivity index (χ2n) is 4.76. The summed E-state index contributed by atoms with van der Waals surface area (Å²) < 4.78 is 0. The highest BCUT2D eigenvalue weighted by molar-refractivity contribution is 6.03. The molecule has 1 amide bonds. The normalized spacial score (nSPS) is 10.9. The number of carbonyl (C=O) groups is 1. The van der Waals surface area contributed by atoms with Crippen LogP contribution in [0.1, 0.15) is 5.56 Å². The van der Waals surface area contributed by atoms with E-state index >= 15 is 0 Å². The van der Waals surface area contributed by atoms with Crippen LogP contribution >= 0.6 is 0 Å². The van der Waals surface area contributed by atoms with Crippen LogP contribution < -0.4 is 5.32 Å². The van der Waals surface area contributed by atoms with Gasteiger partial charge in [-0.25, -0.2) is 0 Å². The van der Waals surface area contributed by atoms with Crippen molar-refractivity contribution >= 4 is 28.4 Å². The van der Waals surface area contributed by atoms with E-state index in [-0.39, 0.29) is 5.91 Å². The van der Waals surface area contributed by atoms with Crippen molar-refractivity contribution in [3.63, 3.8) is 0 Å². The molecule has 3 rings (SSSR count). The van der Waals surface area contributed by atoms with Crippen molar-refractivity contribution in [2.45, 2.75) is 0 Å². The second kappa shape index (κ2) is 6.06. The third kappa shape index (κ3) is 3.18. The van der Waals surface area contributed by atoms with Gasteiger partial charge in [-0.2, -0.15) is 0 Å². The standard InChI is InChI=1S/C19H15NO/c21-19(20-17-10-2-1-3-11-17)14-13-16-9-6-8-15-7-4-5-12-18(15)16/h1-14H,(H,20,21)/b14-13+. The zero-order valence-corrected chi connectivity index (χ0v) is 11.5. The molecular formula is C19H15NO. The Labute approximate surface area is 123 Å². The number of hydrogen-bond donors (Lipinski definition) is 1. The van der Waals surface area contributed by atoms with Crippen LogP contribution in [-0.4, -0.2) is 5.91 Å². The first kappa shape index (κ1) is 13.1. The molecule has 2 heteroatoms. The molecule has 0 aliphatic heterocycles. The lowest BCUT2D eigenvalue weighted by Crippen LogP contribution is -2.07. The summed E-state index contributed by atoms with van der Waals surface area (Å²) in [4.78, 5) is 11.9. The Morgan fingerprint density at radius 2 is 1.52 bits per heavy atom. The maximum Gasteiger partial charge on any atom is 0.248 e. The molecule has 0 fully saturated rings. The first-order chi connectivity index (χ1) is 10.3. The monoisotopic (exact) mass is 273 g/mol. The van der Waals surface area contributed by atoms with Crippen molar-refractivity contribution in [3.05, 3.63) is 84.4 Å². The fraction of sp³-hybridized carbons (Fsp3) is 0. The van der Waals surface area contributed by atoms with E-state index in [0.717, 1.165) is 16.6 Å². The molecule has 1 N–H and O–H groups in total. The van der Waals surface area contributed by atoms with Crippen molar-refractivity contribution < 1.29 is 4.79 Å². The van der Waals surface area contributed by atoms with Crippen molar-refractivity contribution in [1.29, 1.82) is 0 Å². The Morgan fingerprint density at radius 3 is 2.38 bits per heavy atom. The molecule has 2 nitrogen and oxygen atoms in total. The van der Waals surface area contributed by atoms with E-state index in [0.29, 0.717) is 0 Å². The summed E-state index contributed by atoms with van der Waals surface area (Å²) >= 11 is 0. The molecule has 0 atom stereocenters. The van der Waals surface area contributed by atoms with Crippen molar-refractivity contribution in [2.75, 3.05) is 5.32 Å². The fourth-order valence-electron chi connectivity index (χ4n) is 2.27. The minimum absolute atomic E-state index is 0.130. The van der Waals surface area contributed by atoms with Gasteiger partial charge in [0, 0.05) is 11.8 Å². The van der Waals surface area contributed by atoms with E-state index in [4.69, 9.17) is 0 Å². The Morgan fingerprint density at radius 1 is 0.810 bits per heavy atom. The van der Waals surface area contributed by atoms with Crippen LogP contribution in [0.3, 0.4) is 0 Å². The van der Waals surface area contributed by atoms with Crippen molar-refractivity contribution in [1.82, 2.24) is 0 Å². The summed E-state index contributed by atoms with van der Waals surface area (Å²) in [7, 11) is 0. The number of rotatable bonds is 3. The zero-order chi connectivity index (χ0) is 14.5. The van der Waals surface area contributed by atoms with Gasteiger partial charge in [-0.15, -0.1) is 0 Å². The second-order valence-corrected chi connectivity index (χ2v) is 4.76. The third-order valence-electron chi connectivity index (χ3n) is 3.28. The number of para-hydroxylation sites is 1. The molecule has 21 heavy (non-hydrogen) atoms. The average Bonchev–Trinajstić information content (AvgIpc) is 2.54. The van der Waals surface area contributed by atoms with Gasteiger partial charge in [0.05, 0.1) is 0 Å². The minimum Gasteiger partial charge on any atom is -0.323 e. The summed E-state index contributed by atoms with van der Waals surface area (Å²) in [5.41, 5.74) is 1.83. The predicted octanol–water partition coefficient (Wildman–Crippen LogP) is 4.49. The van der Waals surface area contributed by atoms with Crippen LogP contribution in [0.15, 0.2) is 78.9 Å². The molecule has 0 saturated carbocycles. The summed E-state index contributed by atoms with van der Waals surface area (Å²) in [6.45, 7) is 0. The van der Waals surface area contributed by atoms with Crippen molar-refractivity contribution in [3.8, 4) is 0 Å². The molecule has 0 radical (unpaired) electrons. The topological polar surface area (TPSA) is 29.1 Å². The summed E-state index contributed by atoms with van der Waals surface area (Å²) in [5.74, 6) is -0.130. The number of fused-ring (bicyclic) bond motifs is 1. The zero-order valence-electron chi connectivity index (χ0n) is 11.5. The van der Waals surface area contributed by atoms with Gasteiger partial charge >= 0.3 is 0 Å². The Balaban J connectivity index is 1.80. The van der Waals surface area contributed by atoms with Gasteiger partial charge in [-0.3, -0.25) is 4.79 Å². The lowest BCUT2D eigenvalue weighted by Gasteiger charge is -2.03. The molecule has 0 aromatic heterocycles. The summed E-state index contributed by atoms with van der Waals surface area (Å²) in [6.07, 6.45) is 3.41. The Hall–Kier alpha value is -2.87. The largest absolute Gasteiger partial charge is 0.323 e. The van der Waals surface area contributed by atoms with Gasteiger partial charge in [0.25, 0.3) is 0 Å². The maximum atomic E-state index is 11.9. The van der Waals surface area contributed by atoms with Crippen LogP contribution in [0.5, 0.6) is 0 Å².